The fourth-order valence-corrected chi connectivity index (χ4v) is 2.20. The molecule has 11 heteroatoms. The molecule has 0 atom stereocenters. The molecule has 0 aliphatic heterocycles. The summed E-state index contributed by atoms with van der Waals surface area (Å²) in [6, 6.07) is 0. The Kier molecular flexibility index (Phi) is 7.02. The number of hydrogen-bond donors (Lipinski definition) is 2. The van der Waals surface area contributed by atoms with E-state index in [4.69, 9.17) is 4.42 Å². The number of aromatic nitrogens is 1. The van der Waals surface area contributed by atoms with Crippen LogP contribution in [0.25, 0.3) is 0 Å². The lowest BCUT2D eigenvalue weighted by atomic mass is 10.4. The molecule has 0 amide bonds. The predicted molar refractivity (Wildman–Crippen MR) is 74.5 cm³/mol. The first kappa shape index (κ1) is 18.1. The van der Waals surface area contributed by atoms with Gasteiger partial charge in [-0.3, -0.25) is 10.1 Å². The molecule has 124 valence electrons. The van der Waals surface area contributed by atoms with E-state index < -0.39 is 17.6 Å². The number of rotatable bonds is 9. The molecule has 1 rings (SSSR count). The number of nitro groups is 1. The van der Waals surface area contributed by atoms with Crippen molar-refractivity contribution in [2.24, 2.45) is 0 Å². The van der Waals surface area contributed by atoms with E-state index in [1.54, 1.807) is 6.92 Å². The van der Waals surface area contributed by atoms with Gasteiger partial charge in [-0.05, 0) is 6.92 Å². The third kappa shape index (κ3) is 7.76. The molecule has 0 unspecified atom stereocenters. The quantitative estimate of drug-likeness (QED) is 0.404. The number of halogens is 3. The fraction of sp³-hybridized carbons (Fsp3) is 0.545. The lowest BCUT2D eigenvalue weighted by Gasteiger charge is -2.12. The Morgan fingerprint density at radius 2 is 2.27 bits per heavy atom. The number of nitrogens with one attached hydrogen (secondary N) is 2. The summed E-state index contributed by atoms with van der Waals surface area (Å²) in [6.07, 6.45) is -2.64. The predicted octanol–water partition coefficient (Wildman–Crippen LogP) is 2.03. The fourth-order valence-electron chi connectivity index (χ4n) is 1.34. The molecule has 0 aromatic carbocycles. The summed E-state index contributed by atoms with van der Waals surface area (Å²) in [5, 5.41) is 14.9. The second kappa shape index (κ2) is 8.51. The highest BCUT2D eigenvalue weighted by atomic mass is 32.2. The van der Waals surface area contributed by atoms with Gasteiger partial charge in [0, 0.05) is 12.3 Å². The van der Waals surface area contributed by atoms with E-state index in [1.807, 2.05) is 5.32 Å². The highest BCUT2D eigenvalue weighted by Gasteiger charge is 2.27. The van der Waals surface area contributed by atoms with Crippen molar-refractivity contribution < 1.29 is 22.5 Å². The minimum absolute atomic E-state index is 0.266. The third-order valence-corrected chi connectivity index (χ3v) is 3.31. The number of oxazole rings is 1. The molecule has 1 aromatic heterocycles. The number of nitrogens with zero attached hydrogens (tertiary/aromatic N) is 2. The molecule has 0 aliphatic carbocycles. The molecule has 7 nitrogen and oxygen atoms in total. The van der Waals surface area contributed by atoms with Gasteiger partial charge in [-0.2, -0.15) is 24.9 Å². The monoisotopic (exact) mass is 340 g/mol. The van der Waals surface area contributed by atoms with Crippen molar-refractivity contribution in [3.63, 3.8) is 0 Å². The van der Waals surface area contributed by atoms with Crippen LogP contribution in [0.2, 0.25) is 0 Å². The maximum absolute atomic E-state index is 12.1. The van der Waals surface area contributed by atoms with Gasteiger partial charge in [0.25, 0.3) is 6.20 Å². The molecule has 0 saturated carbocycles. The summed E-state index contributed by atoms with van der Waals surface area (Å²) in [5.74, 6) is 1.54. The molecular weight excluding hydrogens is 325 g/mol. The van der Waals surface area contributed by atoms with Gasteiger partial charge in [0.2, 0.25) is 0 Å². The van der Waals surface area contributed by atoms with Crippen LogP contribution in [0.5, 0.6) is 0 Å². The molecule has 22 heavy (non-hydrogen) atoms. The van der Waals surface area contributed by atoms with Gasteiger partial charge < -0.3 is 15.1 Å². The maximum Gasteiger partial charge on any atom is 0.405 e. The minimum atomic E-state index is -4.45. The molecule has 0 bridgehead atoms. The smallest absolute Gasteiger partial charge is 0.405 e. The highest BCUT2D eigenvalue weighted by Crippen LogP contribution is 2.15. The standard InChI is InChI=1S/C11H15F3N4O3S/c1-8-9(21-7-17-8)5-22-3-2-15-10(4-18(19)20)16-6-11(12,13)14/h4,7,15-16H,2-3,5-6H2,1H3/b10-4-. The summed E-state index contributed by atoms with van der Waals surface area (Å²) in [7, 11) is 0. The van der Waals surface area contributed by atoms with Crippen LogP contribution in [0.3, 0.4) is 0 Å². The van der Waals surface area contributed by atoms with E-state index in [0.717, 1.165) is 11.5 Å². The van der Waals surface area contributed by atoms with Gasteiger partial charge in [0.05, 0.1) is 16.4 Å². The number of alkyl halides is 3. The van der Waals surface area contributed by atoms with Crippen molar-refractivity contribution in [2.75, 3.05) is 18.8 Å². The molecule has 0 fully saturated rings. The lowest BCUT2D eigenvalue weighted by molar-refractivity contribution is -0.404. The zero-order valence-corrected chi connectivity index (χ0v) is 12.5. The summed E-state index contributed by atoms with van der Waals surface area (Å²) >= 11 is 1.47. The number of hydrogen-bond acceptors (Lipinski definition) is 7. The SMILES string of the molecule is Cc1ncoc1CSCCN/C(=C/[N+](=O)[O-])NCC(F)(F)F. The van der Waals surface area contributed by atoms with Crippen molar-refractivity contribution >= 4 is 11.8 Å². The average molecular weight is 340 g/mol. The van der Waals surface area contributed by atoms with Crippen LogP contribution in [0.15, 0.2) is 22.8 Å². The molecule has 1 heterocycles. The van der Waals surface area contributed by atoms with Crippen LogP contribution >= 0.6 is 11.8 Å². The van der Waals surface area contributed by atoms with E-state index in [0.29, 0.717) is 17.7 Å². The highest BCUT2D eigenvalue weighted by molar-refractivity contribution is 7.98. The number of aryl methyl sites for hydroxylation is 1. The molecule has 2 N–H and O–H groups in total. The first-order valence-electron chi connectivity index (χ1n) is 6.14. The first-order valence-corrected chi connectivity index (χ1v) is 7.30. The summed E-state index contributed by atoms with van der Waals surface area (Å²) in [4.78, 5) is 13.5. The Balaban J connectivity index is 2.31. The Labute approximate surface area is 128 Å². The minimum Gasteiger partial charge on any atom is -0.447 e. The van der Waals surface area contributed by atoms with E-state index >= 15 is 0 Å². The zero-order valence-electron chi connectivity index (χ0n) is 11.6. The maximum atomic E-state index is 12.1. The van der Waals surface area contributed by atoms with Crippen LogP contribution < -0.4 is 10.6 Å². The topological polar surface area (TPSA) is 93.2 Å². The molecule has 1 aromatic rings. The molecule has 0 radical (unpaired) electrons. The van der Waals surface area contributed by atoms with Gasteiger partial charge >= 0.3 is 6.18 Å². The zero-order chi connectivity index (χ0) is 16.6. The average Bonchev–Trinajstić information content (AvgIpc) is 2.79. The van der Waals surface area contributed by atoms with E-state index in [9.17, 15) is 23.3 Å². The Hall–Kier alpha value is -1.91. The van der Waals surface area contributed by atoms with Crippen LogP contribution in [0.1, 0.15) is 11.5 Å². The van der Waals surface area contributed by atoms with Gasteiger partial charge in [-0.1, -0.05) is 0 Å². The van der Waals surface area contributed by atoms with Gasteiger partial charge in [0.1, 0.15) is 12.3 Å². The molecular formula is C11H15F3N4O3S. The van der Waals surface area contributed by atoms with Gasteiger partial charge in [0.15, 0.2) is 12.2 Å². The van der Waals surface area contributed by atoms with Crippen LogP contribution in [-0.4, -0.2) is 34.9 Å². The van der Waals surface area contributed by atoms with Crippen LogP contribution in [-0.2, 0) is 5.75 Å². The molecule has 0 saturated heterocycles. The summed E-state index contributed by atoms with van der Waals surface area (Å²) in [6.45, 7) is 0.725. The van der Waals surface area contributed by atoms with Gasteiger partial charge in [-0.15, -0.1) is 0 Å². The van der Waals surface area contributed by atoms with Gasteiger partial charge in [-0.25, -0.2) is 4.98 Å². The van der Waals surface area contributed by atoms with E-state index in [1.165, 1.54) is 18.2 Å². The normalized spacial score (nSPS) is 12.3. The molecule has 0 spiro atoms. The van der Waals surface area contributed by atoms with Crippen molar-refractivity contribution in [2.45, 2.75) is 18.9 Å². The van der Waals surface area contributed by atoms with Crippen LogP contribution in [0.4, 0.5) is 13.2 Å². The Morgan fingerprint density at radius 1 is 1.55 bits per heavy atom. The second-order valence-corrected chi connectivity index (χ2v) is 5.24. The first-order chi connectivity index (χ1) is 10.3. The van der Waals surface area contributed by atoms with Crippen molar-refractivity contribution in [1.29, 1.82) is 0 Å². The lowest BCUT2D eigenvalue weighted by Crippen LogP contribution is -2.35. The van der Waals surface area contributed by atoms with Crippen molar-refractivity contribution in [3.8, 4) is 0 Å². The van der Waals surface area contributed by atoms with E-state index in [2.05, 4.69) is 10.3 Å². The Bertz CT molecular complexity index is 519. The van der Waals surface area contributed by atoms with Crippen molar-refractivity contribution in [1.82, 2.24) is 15.6 Å². The van der Waals surface area contributed by atoms with E-state index in [-0.39, 0.29) is 12.4 Å². The van der Waals surface area contributed by atoms with Crippen LogP contribution in [0, 0.1) is 17.0 Å². The summed E-state index contributed by atoms with van der Waals surface area (Å²) in [5.41, 5.74) is 0.779. The summed E-state index contributed by atoms with van der Waals surface area (Å²) < 4.78 is 41.4. The molecule has 0 aliphatic rings. The van der Waals surface area contributed by atoms with Crippen molar-refractivity contribution in [3.05, 3.63) is 40.0 Å². The third-order valence-electron chi connectivity index (χ3n) is 2.35. The second-order valence-electron chi connectivity index (χ2n) is 4.14. The Morgan fingerprint density at radius 3 is 2.82 bits per heavy atom. The largest absolute Gasteiger partial charge is 0.447 e. The number of thioether (sulfide) groups is 1.